The Labute approximate surface area is 112 Å². The van der Waals surface area contributed by atoms with E-state index in [0.29, 0.717) is 11.5 Å². The van der Waals surface area contributed by atoms with Crippen LogP contribution in [0.2, 0.25) is 0 Å². The Morgan fingerprint density at radius 2 is 2.29 bits per heavy atom. The molecule has 1 heterocycles. The molecule has 0 aliphatic rings. The number of hydrogen-bond donors (Lipinski definition) is 2. The fourth-order valence-corrected chi connectivity index (χ4v) is 2.37. The number of aromatic nitrogens is 1. The highest BCUT2D eigenvalue weighted by Gasteiger charge is 2.09. The Bertz CT molecular complexity index is 528. The smallest absolute Gasteiger partial charge is 0.124 e. The molecule has 4 nitrogen and oxygen atoms in total. The van der Waals surface area contributed by atoms with Gasteiger partial charge < -0.3 is 15.6 Å². The van der Waals surface area contributed by atoms with E-state index in [-0.39, 0.29) is 0 Å². The molecule has 0 aliphatic carbocycles. The molecule has 88 valence electrons. The van der Waals surface area contributed by atoms with Crippen molar-refractivity contribution in [1.29, 1.82) is 0 Å². The quantitative estimate of drug-likeness (QED) is 0.850. The van der Waals surface area contributed by atoms with Crippen molar-refractivity contribution in [2.24, 2.45) is 5.73 Å². The fraction of sp³-hybridized carbons (Fsp3) is 0.0909. The van der Waals surface area contributed by atoms with E-state index in [4.69, 9.17) is 22.5 Å². The van der Waals surface area contributed by atoms with Gasteiger partial charge in [-0.2, -0.15) is 0 Å². The lowest BCUT2D eigenvalue weighted by Gasteiger charge is -2.11. The van der Waals surface area contributed by atoms with Crippen molar-refractivity contribution in [3.05, 3.63) is 46.3 Å². The van der Waals surface area contributed by atoms with Crippen molar-refractivity contribution in [3.8, 4) is 0 Å². The van der Waals surface area contributed by atoms with Gasteiger partial charge in [0.05, 0.1) is 6.54 Å². The maximum atomic E-state index is 5.69. The lowest BCUT2D eigenvalue weighted by atomic mass is 10.1. The molecule has 1 aromatic heterocycles. The molecule has 0 saturated carbocycles. The van der Waals surface area contributed by atoms with Gasteiger partial charge in [-0.15, -0.1) is 0 Å². The predicted molar refractivity (Wildman–Crippen MR) is 73.9 cm³/mol. The zero-order valence-electron chi connectivity index (χ0n) is 8.81. The van der Waals surface area contributed by atoms with Gasteiger partial charge in [0.2, 0.25) is 0 Å². The average molecular weight is 312 g/mol. The first-order chi connectivity index (χ1) is 8.18. The van der Waals surface area contributed by atoms with E-state index in [1.54, 1.807) is 6.07 Å². The van der Waals surface area contributed by atoms with Gasteiger partial charge in [-0.25, -0.2) is 0 Å². The topological polar surface area (TPSA) is 64.1 Å². The van der Waals surface area contributed by atoms with E-state index in [1.807, 2.05) is 18.2 Å². The molecule has 0 fully saturated rings. The number of benzene rings is 1. The van der Waals surface area contributed by atoms with Crippen LogP contribution in [0.5, 0.6) is 0 Å². The van der Waals surface area contributed by atoms with E-state index in [2.05, 4.69) is 26.4 Å². The van der Waals surface area contributed by atoms with Crippen LogP contribution in [0.3, 0.4) is 0 Å². The van der Waals surface area contributed by atoms with Gasteiger partial charge in [0.15, 0.2) is 0 Å². The minimum atomic E-state index is 0.347. The largest absolute Gasteiger partial charge is 0.389 e. The summed E-state index contributed by atoms with van der Waals surface area (Å²) in [6, 6.07) is 7.53. The Kier molecular flexibility index (Phi) is 3.75. The first-order valence-corrected chi connectivity index (χ1v) is 6.10. The standard InChI is InChI=1S/C11H10BrN3OS/c12-8-2-1-3-9(10(8)11(13)17)14-6-7-4-5-16-15-7/h1-5,14H,6H2,(H2,13,17). The van der Waals surface area contributed by atoms with Crippen molar-refractivity contribution in [2.45, 2.75) is 6.54 Å². The number of rotatable bonds is 4. The zero-order chi connectivity index (χ0) is 12.3. The molecule has 6 heteroatoms. The summed E-state index contributed by atoms with van der Waals surface area (Å²) in [7, 11) is 0. The minimum absolute atomic E-state index is 0.347. The second kappa shape index (κ2) is 5.29. The van der Waals surface area contributed by atoms with Crippen LogP contribution in [0, 0.1) is 0 Å². The highest BCUT2D eigenvalue weighted by molar-refractivity contribution is 9.10. The van der Waals surface area contributed by atoms with E-state index >= 15 is 0 Å². The fourth-order valence-electron chi connectivity index (χ4n) is 1.44. The normalized spacial score (nSPS) is 10.2. The first kappa shape index (κ1) is 12.1. The Morgan fingerprint density at radius 1 is 1.47 bits per heavy atom. The maximum Gasteiger partial charge on any atom is 0.124 e. The minimum Gasteiger partial charge on any atom is -0.389 e. The molecule has 0 radical (unpaired) electrons. The molecular weight excluding hydrogens is 302 g/mol. The summed E-state index contributed by atoms with van der Waals surface area (Å²) in [6.07, 6.45) is 1.53. The molecule has 0 bridgehead atoms. The number of nitrogens with zero attached hydrogens (tertiary/aromatic N) is 1. The van der Waals surface area contributed by atoms with Crippen LogP contribution in [-0.4, -0.2) is 10.1 Å². The van der Waals surface area contributed by atoms with Crippen molar-refractivity contribution in [3.63, 3.8) is 0 Å². The van der Waals surface area contributed by atoms with Crippen molar-refractivity contribution >= 4 is 38.8 Å². The summed E-state index contributed by atoms with van der Waals surface area (Å²) >= 11 is 8.45. The van der Waals surface area contributed by atoms with Gasteiger partial charge in [-0.1, -0.05) is 23.4 Å². The van der Waals surface area contributed by atoms with Gasteiger partial charge in [-0.3, -0.25) is 0 Å². The van der Waals surface area contributed by atoms with E-state index in [9.17, 15) is 0 Å². The summed E-state index contributed by atoms with van der Waals surface area (Å²) in [6.45, 7) is 0.558. The van der Waals surface area contributed by atoms with Crippen molar-refractivity contribution in [2.75, 3.05) is 5.32 Å². The summed E-state index contributed by atoms with van der Waals surface area (Å²) in [4.78, 5) is 0.347. The third-order valence-corrected chi connectivity index (χ3v) is 3.08. The summed E-state index contributed by atoms with van der Waals surface area (Å²) in [5.41, 5.74) is 8.18. The van der Waals surface area contributed by atoms with E-state index in [1.165, 1.54) is 6.26 Å². The van der Waals surface area contributed by atoms with Gasteiger partial charge in [-0.05, 0) is 28.1 Å². The summed E-state index contributed by atoms with van der Waals surface area (Å²) in [5.74, 6) is 0. The monoisotopic (exact) mass is 311 g/mol. The Morgan fingerprint density at radius 3 is 2.94 bits per heavy atom. The number of anilines is 1. The van der Waals surface area contributed by atoms with Crippen LogP contribution < -0.4 is 11.1 Å². The van der Waals surface area contributed by atoms with Crippen molar-refractivity contribution in [1.82, 2.24) is 5.16 Å². The van der Waals surface area contributed by atoms with E-state index < -0.39 is 0 Å². The highest BCUT2D eigenvalue weighted by atomic mass is 79.9. The van der Waals surface area contributed by atoms with Gasteiger partial charge >= 0.3 is 0 Å². The van der Waals surface area contributed by atoms with Crippen molar-refractivity contribution < 1.29 is 4.52 Å². The van der Waals surface area contributed by atoms with Crippen LogP contribution in [0.4, 0.5) is 5.69 Å². The molecule has 0 saturated heterocycles. The van der Waals surface area contributed by atoms with Gasteiger partial charge in [0.25, 0.3) is 0 Å². The SMILES string of the molecule is NC(=S)c1c(Br)cccc1NCc1ccon1. The molecule has 0 aliphatic heterocycles. The molecule has 2 aromatic rings. The molecule has 17 heavy (non-hydrogen) atoms. The maximum absolute atomic E-state index is 5.69. The lowest BCUT2D eigenvalue weighted by Crippen LogP contribution is -2.14. The molecule has 0 unspecified atom stereocenters. The average Bonchev–Trinajstić information content (AvgIpc) is 2.78. The van der Waals surface area contributed by atoms with Gasteiger partial charge in [0, 0.05) is 21.8 Å². The third kappa shape index (κ3) is 2.83. The molecule has 0 spiro atoms. The number of hydrogen-bond acceptors (Lipinski definition) is 4. The van der Waals surface area contributed by atoms with Crippen LogP contribution in [0.15, 0.2) is 39.5 Å². The second-order valence-electron chi connectivity index (χ2n) is 3.37. The third-order valence-electron chi connectivity index (χ3n) is 2.21. The molecular formula is C11H10BrN3OS. The summed E-state index contributed by atoms with van der Waals surface area (Å²) < 4.78 is 5.63. The first-order valence-electron chi connectivity index (χ1n) is 4.90. The van der Waals surface area contributed by atoms with E-state index in [0.717, 1.165) is 21.4 Å². The highest BCUT2D eigenvalue weighted by Crippen LogP contribution is 2.25. The van der Waals surface area contributed by atoms with Crippen LogP contribution in [0.1, 0.15) is 11.3 Å². The zero-order valence-corrected chi connectivity index (χ0v) is 11.2. The molecule has 3 N–H and O–H groups in total. The Hall–Kier alpha value is -1.40. The molecule has 0 atom stereocenters. The summed E-state index contributed by atoms with van der Waals surface area (Å²) in [5, 5.41) is 7.03. The number of thiocarbonyl (C=S) groups is 1. The molecule has 1 aromatic carbocycles. The number of halogens is 1. The second-order valence-corrected chi connectivity index (χ2v) is 4.67. The van der Waals surface area contributed by atoms with Crippen LogP contribution in [0.25, 0.3) is 0 Å². The molecule has 0 amide bonds. The number of nitrogens with one attached hydrogen (secondary N) is 1. The lowest BCUT2D eigenvalue weighted by molar-refractivity contribution is 0.412. The van der Waals surface area contributed by atoms with Crippen LogP contribution >= 0.6 is 28.1 Å². The predicted octanol–water partition coefficient (Wildman–Crippen LogP) is 2.68. The number of nitrogens with two attached hydrogens (primary N) is 1. The van der Waals surface area contributed by atoms with Crippen LogP contribution in [-0.2, 0) is 6.54 Å². The molecule has 2 rings (SSSR count). The van der Waals surface area contributed by atoms with Gasteiger partial charge in [0.1, 0.15) is 16.9 Å². The Balaban J connectivity index is 2.21.